The van der Waals surface area contributed by atoms with Gasteiger partial charge in [0.1, 0.15) is 6.61 Å². The molecule has 0 aliphatic heterocycles. The van der Waals surface area contributed by atoms with E-state index in [2.05, 4.69) is 124 Å². The number of hydrogen-bond acceptors (Lipinski definition) is 5. The molecule has 0 aromatic carbocycles. The quantitative estimate of drug-likeness (QED) is 0.0346. The van der Waals surface area contributed by atoms with E-state index in [1.165, 1.54) is 116 Å². The highest BCUT2D eigenvalue weighted by Gasteiger charge is 2.17. The molecule has 0 fully saturated rings. The molecule has 0 aliphatic rings. The zero-order valence-corrected chi connectivity index (χ0v) is 43.2. The van der Waals surface area contributed by atoms with Gasteiger partial charge in [0.15, 0.2) is 6.10 Å². The summed E-state index contributed by atoms with van der Waals surface area (Å²) in [5, 5.41) is 0. The van der Waals surface area contributed by atoms with Gasteiger partial charge in [-0.1, -0.05) is 239 Å². The van der Waals surface area contributed by atoms with Crippen LogP contribution < -0.4 is 0 Å². The van der Waals surface area contributed by atoms with Gasteiger partial charge < -0.3 is 14.2 Å². The molecule has 0 saturated heterocycles. The van der Waals surface area contributed by atoms with E-state index in [0.717, 1.165) is 83.5 Å². The first-order valence-corrected chi connectivity index (χ1v) is 27.4. The maximum Gasteiger partial charge on any atom is 0.306 e. The van der Waals surface area contributed by atoms with E-state index >= 15 is 0 Å². The van der Waals surface area contributed by atoms with Crippen LogP contribution in [0.2, 0.25) is 0 Å². The largest absolute Gasteiger partial charge is 0.462 e. The molecular weight excluding hydrogens is 813 g/mol. The molecule has 5 heteroatoms. The molecule has 0 spiro atoms. The summed E-state index contributed by atoms with van der Waals surface area (Å²) in [6, 6.07) is 0. The number of carbonyl (C=O) groups is 2. The predicted octanol–water partition coefficient (Wildman–Crippen LogP) is 18.8. The molecule has 0 rings (SSSR count). The number of esters is 2. The Labute approximate surface area is 408 Å². The van der Waals surface area contributed by atoms with Crippen molar-refractivity contribution in [2.24, 2.45) is 0 Å². The van der Waals surface area contributed by atoms with Gasteiger partial charge in [0.25, 0.3) is 0 Å². The Morgan fingerprint density at radius 2 is 0.712 bits per heavy atom. The topological polar surface area (TPSA) is 61.8 Å². The third-order valence-corrected chi connectivity index (χ3v) is 11.3. The van der Waals surface area contributed by atoms with Crippen molar-refractivity contribution in [2.75, 3.05) is 19.8 Å². The minimum absolute atomic E-state index is 0.0252. The van der Waals surface area contributed by atoms with E-state index in [9.17, 15) is 9.59 Å². The Hall–Kier alpha value is -3.44. The van der Waals surface area contributed by atoms with Crippen molar-refractivity contribution in [1.82, 2.24) is 0 Å². The molecule has 376 valence electrons. The highest BCUT2D eigenvalue weighted by molar-refractivity contribution is 5.70. The van der Waals surface area contributed by atoms with E-state index in [1.807, 2.05) is 6.08 Å². The molecule has 0 saturated carbocycles. The number of unbranched alkanes of at least 4 members (excludes halogenated alkanes) is 20. The van der Waals surface area contributed by atoms with E-state index in [1.54, 1.807) is 0 Å². The van der Waals surface area contributed by atoms with E-state index in [0.29, 0.717) is 25.9 Å². The first kappa shape index (κ1) is 62.6. The van der Waals surface area contributed by atoms with Gasteiger partial charge in [-0.05, 0) is 96.3 Å². The van der Waals surface area contributed by atoms with Crippen LogP contribution in [0.3, 0.4) is 0 Å². The zero-order valence-electron chi connectivity index (χ0n) is 43.2. The first-order chi connectivity index (χ1) is 32.6. The van der Waals surface area contributed by atoms with Crippen molar-refractivity contribution in [2.45, 2.75) is 245 Å². The lowest BCUT2D eigenvalue weighted by Crippen LogP contribution is -2.30. The van der Waals surface area contributed by atoms with Crippen LogP contribution >= 0.6 is 0 Å². The Bertz CT molecular complexity index is 1310. The number of hydrogen-bond donors (Lipinski definition) is 0. The molecular formula is C61H102O5. The normalized spacial score (nSPS) is 13.1. The molecule has 0 aromatic rings. The van der Waals surface area contributed by atoms with Crippen molar-refractivity contribution in [1.29, 1.82) is 0 Å². The summed E-state index contributed by atoms with van der Waals surface area (Å²) in [4.78, 5) is 25.4. The third-order valence-electron chi connectivity index (χ3n) is 11.3. The van der Waals surface area contributed by atoms with Crippen LogP contribution in [-0.2, 0) is 23.8 Å². The average Bonchev–Trinajstić information content (AvgIpc) is 3.32. The second-order valence-corrected chi connectivity index (χ2v) is 17.8. The zero-order chi connectivity index (χ0) is 47.7. The fourth-order valence-electron chi connectivity index (χ4n) is 7.25. The van der Waals surface area contributed by atoms with Crippen molar-refractivity contribution >= 4 is 11.9 Å². The molecule has 5 nitrogen and oxygen atoms in total. The highest BCUT2D eigenvalue weighted by Crippen LogP contribution is 2.14. The molecule has 0 bridgehead atoms. The minimum Gasteiger partial charge on any atom is -0.462 e. The van der Waals surface area contributed by atoms with Crippen LogP contribution in [0, 0.1) is 0 Å². The summed E-state index contributed by atoms with van der Waals surface area (Å²) in [5.41, 5.74) is 0. The fourth-order valence-corrected chi connectivity index (χ4v) is 7.25. The second-order valence-electron chi connectivity index (χ2n) is 17.8. The van der Waals surface area contributed by atoms with Crippen molar-refractivity contribution < 1.29 is 23.8 Å². The van der Waals surface area contributed by atoms with E-state index < -0.39 is 6.10 Å². The third kappa shape index (κ3) is 53.2. The molecule has 1 atom stereocenters. The fraction of sp³-hybridized carbons (Fsp3) is 0.672. The average molecular weight is 915 g/mol. The maximum atomic E-state index is 12.8. The Morgan fingerprint density at radius 1 is 0.348 bits per heavy atom. The van der Waals surface area contributed by atoms with Gasteiger partial charge in [-0.25, -0.2) is 0 Å². The summed E-state index contributed by atoms with van der Waals surface area (Å²) < 4.78 is 17.3. The summed E-state index contributed by atoms with van der Waals surface area (Å²) in [5.74, 6) is -0.541. The molecule has 0 aromatic heterocycles. The molecule has 0 unspecified atom stereocenters. The van der Waals surface area contributed by atoms with Gasteiger partial charge in [-0.15, -0.1) is 0 Å². The highest BCUT2D eigenvalue weighted by atomic mass is 16.6. The van der Waals surface area contributed by atoms with E-state index in [-0.39, 0.29) is 25.2 Å². The molecule has 0 radical (unpaired) electrons. The Morgan fingerprint density at radius 3 is 1.15 bits per heavy atom. The monoisotopic (exact) mass is 915 g/mol. The van der Waals surface area contributed by atoms with Crippen LogP contribution in [0.15, 0.2) is 109 Å². The summed E-state index contributed by atoms with van der Waals surface area (Å²) in [6.45, 7) is 7.57. The number of carbonyl (C=O) groups excluding carboxylic acids is 2. The number of allylic oxidation sites excluding steroid dienone is 18. The van der Waals surface area contributed by atoms with Crippen LogP contribution in [0.1, 0.15) is 239 Å². The summed E-state index contributed by atoms with van der Waals surface area (Å²) >= 11 is 0. The first-order valence-electron chi connectivity index (χ1n) is 27.4. The lowest BCUT2D eigenvalue weighted by atomic mass is 10.0. The Kier molecular flexibility index (Phi) is 53.0. The van der Waals surface area contributed by atoms with Crippen molar-refractivity contribution in [3.05, 3.63) is 109 Å². The molecule has 0 aliphatic carbocycles. The molecule has 0 N–H and O–H groups in total. The van der Waals surface area contributed by atoms with Crippen molar-refractivity contribution in [3.63, 3.8) is 0 Å². The SMILES string of the molecule is CC/C=C\C/C=C\C/C=C\C/C=C\CCCCC(=O)O[C@H](COCCCCCCCCCCCCCCCCCC)COC(=O)CC/C=C\C/C=C\C/C=C\C/C=C\C/C=C\CCCCC. The minimum atomic E-state index is -0.593. The molecule has 66 heavy (non-hydrogen) atoms. The van der Waals surface area contributed by atoms with Crippen LogP contribution in [0.4, 0.5) is 0 Å². The van der Waals surface area contributed by atoms with Crippen molar-refractivity contribution in [3.8, 4) is 0 Å². The lowest BCUT2D eigenvalue weighted by Gasteiger charge is -2.18. The summed E-state index contributed by atoms with van der Waals surface area (Å²) in [6.07, 6.45) is 76.9. The van der Waals surface area contributed by atoms with E-state index in [4.69, 9.17) is 14.2 Å². The molecule has 0 heterocycles. The maximum absolute atomic E-state index is 12.8. The Balaban J connectivity index is 4.45. The summed E-state index contributed by atoms with van der Waals surface area (Å²) in [7, 11) is 0. The predicted molar refractivity (Wildman–Crippen MR) is 288 cm³/mol. The van der Waals surface area contributed by atoms with Gasteiger partial charge in [0.2, 0.25) is 0 Å². The lowest BCUT2D eigenvalue weighted by molar-refractivity contribution is -0.162. The van der Waals surface area contributed by atoms with Gasteiger partial charge in [-0.2, -0.15) is 0 Å². The van der Waals surface area contributed by atoms with Crippen LogP contribution in [-0.4, -0.2) is 37.9 Å². The number of rotatable bonds is 49. The second kappa shape index (κ2) is 55.9. The van der Waals surface area contributed by atoms with Gasteiger partial charge in [0, 0.05) is 19.4 Å². The van der Waals surface area contributed by atoms with Crippen LogP contribution in [0.25, 0.3) is 0 Å². The standard InChI is InChI=1S/C61H102O5/c1-4-7-10-13-16-19-22-25-28-30-31-32-34-36-39-42-45-48-51-54-60(62)65-58-59(57-64-56-53-50-47-44-41-38-35-29-26-23-20-17-14-11-8-5-2)66-61(63)55-52-49-46-43-40-37-33-27-24-21-18-15-12-9-6-3/h9,12,16,18-19,21,25,27-28,31-33,36,39-40,43,45,48,59H,4-8,10-11,13-15,17,20,22-24,26,29-30,34-35,37-38,41-42,44,46-47,49-58H2,1-3H3/b12-9-,19-16-,21-18-,28-25-,32-31-,33-27-,39-36-,43-40-,48-45-/t59-/m1/s1. The smallest absolute Gasteiger partial charge is 0.306 e. The molecule has 0 amide bonds. The van der Waals surface area contributed by atoms with Gasteiger partial charge in [0.05, 0.1) is 6.61 Å². The van der Waals surface area contributed by atoms with Gasteiger partial charge >= 0.3 is 11.9 Å². The number of ether oxygens (including phenoxy) is 3. The van der Waals surface area contributed by atoms with Crippen LogP contribution in [0.5, 0.6) is 0 Å². The van der Waals surface area contributed by atoms with Gasteiger partial charge in [-0.3, -0.25) is 9.59 Å².